The third-order valence-electron chi connectivity index (χ3n) is 4.46. The quantitative estimate of drug-likeness (QED) is 0.937. The molecule has 1 aliphatic rings. The minimum Gasteiger partial charge on any atom is -0.369 e. The second kappa shape index (κ2) is 6.73. The van der Waals surface area contributed by atoms with Crippen molar-refractivity contribution in [3.63, 3.8) is 0 Å². The van der Waals surface area contributed by atoms with Crippen molar-refractivity contribution in [2.45, 2.75) is 38.9 Å². The molecule has 0 saturated heterocycles. The maximum Gasteiger partial charge on any atom is 0.274 e. The maximum atomic E-state index is 13.7. The summed E-state index contributed by atoms with van der Waals surface area (Å²) in [4.78, 5) is 14.3. The molecule has 1 aromatic carbocycles. The second-order valence-corrected chi connectivity index (χ2v) is 6.33. The van der Waals surface area contributed by atoms with E-state index >= 15 is 0 Å². The molecule has 128 valence electrons. The second-order valence-electron chi connectivity index (χ2n) is 6.33. The predicted molar refractivity (Wildman–Crippen MR) is 88.3 cm³/mol. The highest BCUT2D eigenvalue weighted by Crippen LogP contribution is 2.30. The fourth-order valence-corrected chi connectivity index (χ4v) is 3.12. The highest BCUT2D eigenvalue weighted by Gasteiger charge is 2.30. The summed E-state index contributed by atoms with van der Waals surface area (Å²) in [6, 6.07) is 6.63. The van der Waals surface area contributed by atoms with Crippen LogP contribution in [0.5, 0.6) is 0 Å². The van der Waals surface area contributed by atoms with Crippen LogP contribution in [0.4, 0.5) is 4.39 Å². The summed E-state index contributed by atoms with van der Waals surface area (Å²) in [5, 5.41) is 7.14. The van der Waals surface area contributed by atoms with Crippen LogP contribution in [0.25, 0.3) is 0 Å². The van der Waals surface area contributed by atoms with E-state index in [2.05, 4.69) is 10.2 Å². The Morgan fingerprint density at radius 3 is 2.92 bits per heavy atom. The molecular weight excluding hydrogens is 309 g/mol. The topological polar surface area (TPSA) is 58.2 Å². The van der Waals surface area contributed by atoms with Crippen molar-refractivity contribution >= 4 is 5.91 Å². The number of carbonyl (C=O) groups excluding carboxylic acids is 1. The van der Waals surface area contributed by atoms with Crippen LogP contribution in [0.2, 0.25) is 0 Å². The number of amides is 1. The monoisotopic (exact) mass is 331 g/mol. The SMILES string of the molecule is C[C@@H]1Cc2c(C(=O)N(C)CCc3ccccc3F)n[nH]c2[C@H](C)O1. The van der Waals surface area contributed by atoms with Crippen LogP contribution in [0.1, 0.15) is 47.3 Å². The Labute approximate surface area is 140 Å². The van der Waals surface area contributed by atoms with Gasteiger partial charge in [-0.05, 0) is 31.9 Å². The van der Waals surface area contributed by atoms with Crippen LogP contribution in [0, 0.1) is 5.82 Å². The number of ether oxygens (including phenoxy) is 1. The third kappa shape index (κ3) is 3.19. The first-order valence-corrected chi connectivity index (χ1v) is 8.18. The number of aromatic amines is 1. The van der Waals surface area contributed by atoms with Crippen molar-refractivity contribution < 1.29 is 13.9 Å². The fraction of sp³-hybridized carbons (Fsp3) is 0.444. The number of rotatable bonds is 4. The standard InChI is InChI=1S/C18H22FN3O2/c1-11-10-14-16(12(2)24-11)20-21-17(14)18(23)22(3)9-8-13-6-4-5-7-15(13)19/h4-7,11-12H,8-10H2,1-3H3,(H,20,21)/t11-,12+/m1/s1. The molecule has 1 aliphatic heterocycles. The summed E-state index contributed by atoms with van der Waals surface area (Å²) < 4.78 is 19.4. The van der Waals surface area contributed by atoms with Gasteiger partial charge in [0.25, 0.3) is 5.91 Å². The average molecular weight is 331 g/mol. The van der Waals surface area contributed by atoms with E-state index in [1.165, 1.54) is 6.07 Å². The zero-order valence-electron chi connectivity index (χ0n) is 14.2. The number of H-pyrrole nitrogens is 1. The molecule has 0 aliphatic carbocycles. The number of hydrogen-bond acceptors (Lipinski definition) is 3. The molecule has 1 amide bonds. The molecule has 0 unspecified atom stereocenters. The first kappa shape index (κ1) is 16.6. The lowest BCUT2D eigenvalue weighted by Crippen LogP contribution is -2.31. The van der Waals surface area contributed by atoms with Gasteiger partial charge in [0.2, 0.25) is 0 Å². The van der Waals surface area contributed by atoms with E-state index in [-0.39, 0.29) is 23.9 Å². The number of nitrogens with zero attached hydrogens (tertiary/aromatic N) is 2. The van der Waals surface area contributed by atoms with Crippen molar-refractivity contribution in [2.75, 3.05) is 13.6 Å². The van der Waals surface area contributed by atoms with Crippen molar-refractivity contribution in [1.29, 1.82) is 0 Å². The van der Waals surface area contributed by atoms with E-state index in [1.54, 1.807) is 30.1 Å². The molecule has 0 radical (unpaired) electrons. The van der Waals surface area contributed by atoms with E-state index < -0.39 is 0 Å². The predicted octanol–water partition coefficient (Wildman–Crippen LogP) is 2.89. The van der Waals surface area contributed by atoms with Crippen LogP contribution >= 0.6 is 0 Å². The Kier molecular flexibility index (Phi) is 4.66. The molecule has 1 aromatic heterocycles. The highest BCUT2D eigenvalue weighted by molar-refractivity contribution is 5.94. The molecule has 6 heteroatoms. The minimum atomic E-state index is -0.240. The van der Waals surface area contributed by atoms with Crippen LogP contribution in [0.15, 0.2) is 24.3 Å². The van der Waals surface area contributed by atoms with Crippen LogP contribution in [0.3, 0.4) is 0 Å². The Hall–Kier alpha value is -2.21. The summed E-state index contributed by atoms with van der Waals surface area (Å²) in [6.45, 7) is 4.37. The number of nitrogens with one attached hydrogen (secondary N) is 1. The Bertz CT molecular complexity index is 744. The first-order chi connectivity index (χ1) is 11.5. The average Bonchev–Trinajstić information content (AvgIpc) is 2.97. The maximum absolute atomic E-state index is 13.7. The number of benzene rings is 1. The smallest absolute Gasteiger partial charge is 0.274 e. The molecule has 2 atom stereocenters. The van der Waals surface area contributed by atoms with Crippen molar-refractivity contribution in [3.05, 3.63) is 52.6 Å². The first-order valence-electron chi connectivity index (χ1n) is 8.18. The van der Waals surface area contributed by atoms with Crippen LogP contribution < -0.4 is 0 Å². The fourth-order valence-electron chi connectivity index (χ4n) is 3.12. The number of halogens is 1. The van der Waals surface area contributed by atoms with Crippen LogP contribution in [-0.4, -0.2) is 40.7 Å². The Balaban J connectivity index is 1.72. The molecule has 2 aromatic rings. The summed E-state index contributed by atoms with van der Waals surface area (Å²) in [6.07, 6.45) is 1.09. The molecule has 2 heterocycles. The lowest BCUT2D eigenvalue weighted by Gasteiger charge is -2.25. The largest absolute Gasteiger partial charge is 0.369 e. The molecule has 0 saturated carbocycles. The molecule has 0 fully saturated rings. The highest BCUT2D eigenvalue weighted by atomic mass is 19.1. The Morgan fingerprint density at radius 1 is 1.42 bits per heavy atom. The Morgan fingerprint density at radius 2 is 2.17 bits per heavy atom. The summed E-state index contributed by atoms with van der Waals surface area (Å²) in [5.41, 5.74) is 2.86. The van der Waals surface area contributed by atoms with Gasteiger partial charge in [-0.15, -0.1) is 0 Å². The number of likely N-dealkylation sites (N-methyl/N-ethyl adjacent to an activating group) is 1. The molecule has 3 rings (SSSR count). The molecule has 1 N–H and O–H groups in total. The van der Waals surface area contributed by atoms with Gasteiger partial charge in [-0.25, -0.2) is 4.39 Å². The van der Waals surface area contributed by atoms with Gasteiger partial charge in [-0.2, -0.15) is 5.10 Å². The van der Waals surface area contributed by atoms with Gasteiger partial charge in [0.15, 0.2) is 5.69 Å². The lowest BCUT2D eigenvalue weighted by molar-refractivity contribution is -0.00701. The summed E-state index contributed by atoms with van der Waals surface area (Å²) >= 11 is 0. The van der Waals surface area contributed by atoms with E-state index in [0.717, 1.165) is 11.3 Å². The normalized spacial score (nSPS) is 19.8. The third-order valence-corrected chi connectivity index (χ3v) is 4.46. The van der Waals surface area contributed by atoms with Gasteiger partial charge in [0, 0.05) is 25.6 Å². The van der Waals surface area contributed by atoms with E-state index in [9.17, 15) is 9.18 Å². The van der Waals surface area contributed by atoms with Gasteiger partial charge in [0.1, 0.15) is 5.82 Å². The zero-order valence-corrected chi connectivity index (χ0v) is 14.2. The van der Waals surface area contributed by atoms with E-state index in [4.69, 9.17) is 4.74 Å². The number of carbonyl (C=O) groups is 1. The summed E-state index contributed by atoms with van der Waals surface area (Å²) in [7, 11) is 1.72. The van der Waals surface area contributed by atoms with Gasteiger partial charge < -0.3 is 9.64 Å². The molecule has 5 nitrogen and oxygen atoms in total. The van der Waals surface area contributed by atoms with Gasteiger partial charge in [-0.3, -0.25) is 9.89 Å². The molecule has 0 spiro atoms. The number of aromatic nitrogens is 2. The van der Waals surface area contributed by atoms with Gasteiger partial charge in [0.05, 0.1) is 17.9 Å². The number of hydrogen-bond donors (Lipinski definition) is 1. The van der Waals surface area contributed by atoms with Crippen molar-refractivity contribution in [2.24, 2.45) is 0 Å². The number of fused-ring (bicyclic) bond motifs is 1. The van der Waals surface area contributed by atoms with Gasteiger partial charge in [-0.1, -0.05) is 18.2 Å². The molecule has 0 bridgehead atoms. The van der Waals surface area contributed by atoms with Gasteiger partial charge >= 0.3 is 0 Å². The molecular formula is C18H22FN3O2. The van der Waals surface area contributed by atoms with E-state index in [0.29, 0.717) is 30.6 Å². The lowest BCUT2D eigenvalue weighted by atomic mass is 9.99. The molecule has 24 heavy (non-hydrogen) atoms. The minimum absolute atomic E-state index is 0.0559. The zero-order chi connectivity index (χ0) is 17.3. The van der Waals surface area contributed by atoms with Crippen molar-refractivity contribution in [1.82, 2.24) is 15.1 Å². The van der Waals surface area contributed by atoms with Crippen LogP contribution in [-0.2, 0) is 17.6 Å². The van der Waals surface area contributed by atoms with E-state index in [1.807, 2.05) is 13.8 Å². The summed E-state index contributed by atoms with van der Waals surface area (Å²) in [5.74, 6) is -0.388. The van der Waals surface area contributed by atoms with Crippen molar-refractivity contribution in [3.8, 4) is 0 Å².